The van der Waals surface area contributed by atoms with Gasteiger partial charge in [0, 0.05) is 11.4 Å². The number of nitrogens with zero attached hydrogens (tertiary/aromatic N) is 2. The van der Waals surface area contributed by atoms with Crippen LogP contribution in [0.1, 0.15) is 37.5 Å². The van der Waals surface area contributed by atoms with Crippen LogP contribution in [0.5, 0.6) is 0 Å². The highest BCUT2D eigenvalue weighted by molar-refractivity contribution is 7.10. The van der Waals surface area contributed by atoms with E-state index in [2.05, 4.69) is 15.3 Å². The first-order valence-electron chi connectivity index (χ1n) is 6.67. The predicted molar refractivity (Wildman–Crippen MR) is 83.4 cm³/mol. The van der Waals surface area contributed by atoms with E-state index in [1.54, 1.807) is 11.3 Å². The number of aromatic carboxylic acids is 1. The number of aromatic nitrogens is 2. The number of amides is 1. The lowest BCUT2D eigenvalue weighted by molar-refractivity contribution is 0.0684. The molecule has 0 fully saturated rings. The summed E-state index contributed by atoms with van der Waals surface area (Å²) >= 11 is 1.63. The number of thiophene rings is 1. The van der Waals surface area contributed by atoms with E-state index in [1.165, 1.54) is 16.8 Å². The molecule has 1 amide bonds. The summed E-state index contributed by atoms with van der Waals surface area (Å²) in [7, 11) is 3.88. The monoisotopic (exact) mass is 322 g/mol. The number of carboxylic acid groups (broad SMARTS) is 1. The van der Waals surface area contributed by atoms with Gasteiger partial charge in [0.05, 0.1) is 12.4 Å². The first-order valence-corrected chi connectivity index (χ1v) is 7.55. The lowest BCUT2D eigenvalue weighted by Crippen LogP contribution is -2.35. The van der Waals surface area contributed by atoms with E-state index in [9.17, 15) is 9.59 Å². The zero-order valence-corrected chi connectivity index (χ0v) is 13.4. The Bertz CT molecular complexity index is 677. The zero-order valence-electron chi connectivity index (χ0n) is 12.6. The van der Waals surface area contributed by atoms with Crippen molar-refractivity contribution >= 4 is 23.2 Å². The molecule has 0 radical (unpaired) electrons. The first kappa shape index (κ1) is 16.2. The summed E-state index contributed by atoms with van der Waals surface area (Å²) < 4.78 is 0. The molecule has 2 aromatic rings. The van der Waals surface area contributed by atoms with E-state index in [1.807, 2.05) is 37.4 Å². The fourth-order valence-corrected chi connectivity index (χ4v) is 3.26. The molecule has 2 heterocycles. The molecule has 0 aliphatic heterocycles. The van der Waals surface area contributed by atoms with E-state index in [-0.39, 0.29) is 17.4 Å². The number of imidazole rings is 1. The molecule has 0 saturated heterocycles. The van der Waals surface area contributed by atoms with Crippen LogP contribution in [0.25, 0.3) is 0 Å². The van der Waals surface area contributed by atoms with Gasteiger partial charge in [0.15, 0.2) is 11.4 Å². The van der Waals surface area contributed by atoms with Crippen LogP contribution in [-0.2, 0) is 0 Å². The summed E-state index contributed by atoms with van der Waals surface area (Å²) in [4.78, 5) is 32.6. The molecule has 1 atom stereocenters. The first-order chi connectivity index (χ1) is 10.4. The number of aromatic amines is 1. The highest BCUT2D eigenvalue weighted by Crippen LogP contribution is 2.26. The Morgan fingerprint density at radius 3 is 2.77 bits per heavy atom. The second kappa shape index (κ2) is 6.71. The highest BCUT2D eigenvalue weighted by atomic mass is 32.1. The summed E-state index contributed by atoms with van der Waals surface area (Å²) in [5.74, 6) is -1.71. The van der Waals surface area contributed by atoms with Crippen molar-refractivity contribution in [2.45, 2.75) is 13.0 Å². The van der Waals surface area contributed by atoms with Gasteiger partial charge in [0.25, 0.3) is 5.91 Å². The molecule has 7 nitrogen and oxygen atoms in total. The van der Waals surface area contributed by atoms with Crippen molar-refractivity contribution < 1.29 is 14.7 Å². The van der Waals surface area contributed by atoms with Crippen molar-refractivity contribution in [2.75, 3.05) is 20.6 Å². The van der Waals surface area contributed by atoms with Crippen molar-refractivity contribution in [1.82, 2.24) is 20.2 Å². The Labute approximate surface area is 132 Å². The topological polar surface area (TPSA) is 98.3 Å². The fraction of sp³-hybridized carbons (Fsp3) is 0.357. The van der Waals surface area contributed by atoms with E-state index in [0.717, 1.165) is 0 Å². The van der Waals surface area contributed by atoms with Gasteiger partial charge >= 0.3 is 5.97 Å². The molecule has 0 bridgehead atoms. The maximum Gasteiger partial charge on any atom is 0.354 e. The van der Waals surface area contributed by atoms with Gasteiger partial charge in [-0.1, -0.05) is 0 Å². The largest absolute Gasteiger partial charge is 0.477 e. The van der Waals surface area contributed by atoms with Crippen molar-refractivity contribution in [3.63, 3.8) is 0 Å². The quantitative estimate of drug-likeness (QED) is 0.749. The molecule has 8 heteroatoms. The van der Waals surface area contributed by atoms with Gasteiger partial charge in [0.2, 0.25) is 0 Å². The second-order valence-corrected chi connectivity index (χ2v) is 6.04. The number of H-pyrrole nitrogens is 1. The molecule has 22 heavy (non-hydrogen) atoms. The van der Waals surface area contributed by atoms with Crippen molar-refractivity contribution in [3.8, 4) is 0 Å². The predicted octanol–water partition coefficient (Wildman–Crippen LogP) is 1.51. The van der Waals surface area contributed by atoms with Gasteiger partial charge < -0.3 is 20.3 Å². The zero-order chi connectivity index (χ0) is 16.3. The number of hydrogen-bond acceptors (Lipinski definition) is 5. The molecule has 0 unspecified atom stereocenters. The summed E-state index contributed by atoms with van der Waals surface area (Å²) in [5.41, 5.74) is 0.864. The van der Waals surface area contributed by atoms with Gasteiger partial charge in [-0.25, -0.2) is 9.78 Å². The molecular formula is C14H18N4O3S. The van der Waals surface area contributed by atoms with Crippen LogP contribution < -0.4 is 5.32 Å². The molecule has 0 spiro atoms. The molecule has 2 aromatic heterocycles. The third-order valence-electron chi connectivity index (χ3n) is 3.35. The molecule has 0 aromatic carbocycles. The van der Waals surface area contributed by atoms with Crippen LogP contribution in [-0.4, -0.2) is 52.5 Å². The van der Waals surface area contributed by atoms with Crippen molar-refractivity contribution in [3.05, 3.63) is 39.6 Å². The van der Waals surface area contributed by atoms with E-state index in [0.29, 0.717) is 6.54 Å². The average Bonchev–Trinajstić information content (AvgIpc) is 3.08. The van der Waals surface area contributed by atoms with Crippen LogP contribution in [0, 0.1) is 6.92 Å². The fourth-order valence-electron chi connectivity index (χ4n) is 2.14. The molecule has 118 valence electrons. The maximum absolute atomic E-state index is 12.1. The third kappa shape index (κ3) is 3.34. The van der Waals surface area contributed by atoms with E-state index < -0.39 is 11.9 Å². The Balaban J connectivity index is 2.10. The normalized spacial score (nSPS) is 12.4. The van der Waals surface area contributed by atoms with Crippen LogP contribution >= 0.6 is 11.3 Å². The summed E-state index contributed by atoms with van der Waals surface area (Å²) in [6.45, 7) is 2.40. The van der Waals surface area contributed by atoms with Crippen LogP contribution in [0.4, 0.5) is 0 Å². The number of hydrogen-bond donors (Lipinski definition) is 3. The third-order valence-corrected chi connectivity index (χ3v) is 4.47. The molecule has 0 saturated carbocycles. The Morgan fingerprint density at radius 1 is 1.50 bits per heavy atom. The highest BCUT2D eigenvalue weighted by Gasteiger charge is 2.22. The number of likely N-dealkylation sites (N-methyl/N-ethyl adjacent to an activating group) is 1. The molecule has 0 aliphatic carbocycles. The minimum Gasteiger partial charge on any atom is -0.477 e. The van der Waals surface area contributed by atoms with Gasteiger partial charge in [0.1, 0.15) is 0 Å². The van der Waals surface area contributed by atoms with E-state index in [4.69, 9.17) is 5.11 Å². The van der Waals surface area contributed by atoms with Crippen molar-refractivity contribution in [2.24, 2.45) is 0 Å². The molecular weight excluding hydrogens is 304 g/mol. The second-order valence-electron chi connectivity index (χ2n) is 5.09. The van der Waals surface area contributed by atoms with Crippen LogP contribution in [0.15, 0.2) is 17.8 Å². The molecule has 3 N–H and O–H groups in total. The Kier molecular flexibility index (Phi) is 4.94. The summed E-state index contributed by atoms with van der Waals surface area (Å²) in [6.07, 6.45) is 1.20. The van der Waals surface area contributed by atoms with E-state index >= 15 is 0 Å². The number of aryl methyl sites for hydroxylation is 1. The summed E-state index contributed by atoms with van der Waals surface area (Å²) in [5, 5.41) is 13.8. The van der Waals surface area contributed by atoms with Gasteiger partial charge in [-0.3, -0.25) is 4.79 Å². The number of rotatable bonds is 6. The standard InChI is InChI=1S/C14H18N4O3S/c1-8-4-5-22-12(8)9(18(2)3)6-15-13(19)10-11(14(20)21)17-7-16-10/h4-5,7,9H,6H2,1-3H3,(H,15,19)(H,16,17)(H,20,21)/t9-/m0/s1. The smallest absolute Gasteiger partial charge is 0.354 e. The summed E-state index contributed by atoms with van der Waals surface area (Å²) in [6, 6.07) is 2.06. The van der Waals surface area contributed by atoms with Crippen LogP contribution in [0.2, 0.25) is 0 Å². The van der Waals surface area contributed by atoms with Crippen molar-refractivity contribution in [1.29, 1.82) is 0 Å². The number of carbonyl (C=O) groups is 2. The lowest BCUT2D eigenvalue weighted by Gasteiger charge is -2.24. The Hall–Kier alpha value is -2.19. The number of carboxylic acids is 1. The SMILES string of the molecule is Cc1ccsc1[C@H](CNC(=O)c1nc[nH]c1C(=O)O)N(C)C. The van der Waals surface area contributed by atoms with Gasteiger partial charge in [-0.15, -0.1) is 11.3 Å². The minimum absolute atomic E-state index is 0.0242. The molecule has 2 rings (SSSR count). The number of nitrogens with one attached hydrogen (secondary N) is 2. The van der Waals surface area contributed by atoms with Crippen LogP contribution in [0.3, 0.4) is 0 Å². The van der Waals surface area contributed by atoms with Gasteiger partial charge in [-0.05, 0) is 38.0 Å². The minimum atomic E-state index is -1.21. The lowest BCUT2D eigenvalue weighted by atomic mass is 10.1. The van der Waals surface area contributed by atoms with Gasteiger partial charge in [-0.2, -0.15) is 0 Å². The maximum atomic E-state index is 12.1. The molecule has 0 aliphatic rings. The average molecular weight is 322 g/mol. The number of carbonyl (C=O) groups excluding carboxylic acids is 1. The Morgan fingerprint density at radius 2 is 2.23 bits per heavy atom.